The molecule has 1 aromatic heterocycles. The SMILES string of the molecule is COCCOCCn1nnnc1CNC(C)(C)C. The Morgan fingerprint density at radius 1 is 1.22 bits per heavy atom. The van der Waals surface area contributed by atoms with Crippen molar-refractivity contribution in [1.29, 1.82) is 0 Å². The van der Waals surface area contributed by atoms with Crippen molar-refractivity contribution in [1.82, 2.24) is 25.5 Å². The minimum atomic E-state index is 0.0474. The number of hydrogen-bond donors (Lipinski definition) is 1. The summed E-state index contributed by atoms with van der Waals surface area (Å²) in [4.78, 5) is 0. The molecule has 0 spiro atoms. The molecule has 0 unspecified atom stereocenters. The first-order valence-electron chi connectivity index (χ1n) is 6.09. The van der Waals surface area contributed by atoms with Gasteiger partial charge in [0.25, 0.3) is 0 Å². The Morgan fingerprint density at radius 2 is 2.00 bits per heavy atom. The lowest BCUT2D eigenvalue weighted by molar-refractivity contribution is 0.0648. The van der Waals surface area contributed by atoms with Gasteiger partial charge in [0, 0.05) is 12.6 Å². The highest BCUT2D eigenvalue weighted by Crippen LogP contribution is 2.01. The molecule has 0 radical (unpaired) electrons. The van der Waals surface area contributed by atoms with Crippen molar-refractivity contribution in [3.63, 3.8) is 0 Å². The molecule has 0 aliphatic heterocycles. The number of rotatable bonds is 8. The third-order valence-corrected chi connectivity index (χ3v) is 2.26. The minimum Gasteiger partial charge on any atom is -0.382 e. The molecule has 7 nitrogen and oxygen atoms in total. The summed E-state index contributed by atoms with van der Waals surface area (Å²) in [6.07, 6.45) is 0. The summed E-state index contributed by atoms with van der Waals surface area (Å²) >= 11 is 0. The number of hydrogen-bond acceptors (Lipinski definition) is 6. The normalized spacial score (nSPS) is 12.0. The molecule has 0 saturated carbocycles. The van der Waals surface area contributed by atoms with Crippen LogP contribution in [0.1, 0.15) is 26.6 Å². The predicted octanol–water partition coefficient (Wildman–Crippen LogP) is 0.224. The standard InChI is InChI=1S/C11H23N5O2/c1-11(2,3)12-9-10-13-14-15-16(10)5-6-18-8-7-17-4/h12H,5-9H2,1-4H3. The monoisotopic (exact) mass is 257 g/mol. The van der Waals surface area contributed by atoms with Gasteiger partial charge < -0.3 is 14.8 Å². The molecule has 1 heterocycles. The summed E-state index contributed by atoms with van der Waals surface area (Å²) in [6, 6.07) is 0. The van der Waals surface area contributed by atoms with E-state index in [4.69, 9.17) is 9.47 Å². The minimum absolute atomic E-state index is 0.0474. The molecule has 0 aliphatic carbocycles. The first kappa shape index (κ1) is 15.0. The number of methoxy groups -OCH3 is 1. The average molecular weight is 257 g/mol. The molecule has 0 aliphatic rings. The van der Waals surface area contributed by atoms with E-state index < -0.39 is 0 Å². The van der Waals surface area contributed by atoms with E-state index in [9.17, 15) is 0 Å². The quantitative estimate of drug-likeness (QED) is 0.672. The van der Waals surface area contributed by atoms with Gasteiger partial charge in [-0.1, -0.05) is 0 Å². The molecule has 0 amide bonds. The van der Waals surface area contributed by atoms with E-state index in [-0.39, 0.29) is 5.54 Å². The Balaban J connectivity index is 2.31. The molecule has 0 atom stereocenters. The molecule has 7 heteroatoms. The summed E-state index contributed by atoms with van der Waals surface area (Å²) in [7, 11) is 1.65. The van der Waals surface area contributed by atoms with Crippen molar-refractivity contribution in [3.05, 3.63) is 5.82 Å². The van der Waals surface area contributed by atoms with E-state index in [1.165, 1.54) is 0 Å². The van der Waals surface area contributed by atoms with Crippen LogP contribution in [0.15, 0.2) is 0 Å². The van der Waals surface area contributed by atoms with Gasteiger partial charge in [0.15, 0.2) is 5.82 Å². The summed E-state index contributed by atoms with van der Waals surface area (Å²) in [5.74, 6) is 0.820. The zero-order valence-electron chi connectivity index (χ0n) is 11.6. The molecule has 0 fully saturated rings. The first-order valence-corrected chi connectivity index (χ1v) is 6.09. The topological polar surface area (TPSA) is 74.1 Å². The van der Waals surface area contributed by atoms with Crippen molar-refractivity contribution in [2.45, 2.75) is 39.4 Å². The summed E-state index contributed by atoms with van der Waals surface area (Å²) in [5.41, 5.74) is 0.0474. The number of tetrazole rings is 1. The van der Waals surface area contributed by atoms with Gasteiger partial charge in [0.05, 0.1) is 32.9 Å². The van der Waals surface area contributed by atoms with Crippen LogP contribution in [0, 0.1) is 0 Å². The Morgan fingerprint density at radius 3 is 2.67 bits per heavy atom. The Labute approximate surface area is 108 Å². The van der Waals surface area contributed by atoms with Crippen LogP contribution in [0.3, 0.4) is 0 Å². The zero-order chi connectivity index (χ0) is 13.4. The van der Waals surface area contributed by atoms with Crippen molar-refractivity contribution in [2.24, 2.45) is 0 Å². The smallest absolute Gasteiger partial charge is 0.165 e. The van der Waals surface area contributed by atoms with Crippen molar-refractivity contribution < 1.29 is 9.47 Å². The second kappa shape index (κ2) is 7.40. The van der Waals surface area contributed by atoms with Crippen LogP contribution in [0.5, 0.6) is 0 Å². The molecule has 0 saturated heterocycles. The molecule has 0 aromatic carbocycles. The molecule has 1 rings (SSSR count). The van der Waals surface area contributed by atoms with Crippen molar-refractivity contribution >= 4 is 0 Å². The third-order valence-electron chi connectivity index (χ3n) is 2.26. The fraction of sp³-hybridized carbons (Fsp3) is 0.909. The van der Waals surface area contributed by atoms with Crippen molar-refractivity contribution in [3.8, 4) is 0 Å². The van der Waals surface area contributed by atoms with Crippen molar-refractivity contribution in [2.75, 3.05) is 26.9 Å². The maximum absolute atomic E-state index is 5.39. The summed E-state index contributed by atoms with van der Waals surface area (Å²) in [5, 5.41) is 15.0. The lowest BCUT2D eigenvalue weighted by atomic mass is 10.1. The number of nitrogens with one attached hydrogen (secondary N) is 1. The molecule has 1 N–H and O–H groups in total. The van der Waals surface area contributed by atoms with Crippen LogP contribution < -0.4 is 5.32 Å². The predicted molar refractivity (Wildman–Crippen MR) is 67.1 cm³/mol. The summed E-state index contributed by atoms with van der Waals surface area (Å²) < 4.78 is 12.0. The number of ether oxygens (including phenoxy) is 2. The average Bonchev–Trinajstić information content (AvgIpc) is 2.73. The lowest BCUT2D eigenvalue weighted by Crippen LogP contribution is -2.36. The van der Waals surface area contributed by atoms with E-state index in [1.807, 2.05) is 0 Å². The number of nitrogens with zero attached hydrogens (tertiary/aromatic N) is 4. The molecule has 0 bridgehead atoms. The second-order valence-corrected chi connectivity index (χ2v) is 5.03. The highest BCUT2D eigenvalue weighted by atomic mass is 16.5. The first-order chi connectivity index (χ1) is 8.53. The van der Waals surface area contributed by atoms with E-state index in [2.05, 4.69) is 41.6 Å². The van der Waals surface area contributed by atoms with Crippen LogP contribution >= 0.6 is 0 Å². The zero-order valence-corrected chi connectivity index (χ0v) is 11.6. The molecule has 104 valence electrons. The van der Waals surface area contributed by atoms with Crippen LogP contribution in [-0.4, -0.2) is 52.7 Å². The largest absolute Gasteiger partial charge is 0.382 e. The van der Waals surface area contributed by atoms with Crippen LogP contribution in [-0.2, 0) is 22.6 Å². The fourth-order valence-corrected chi connectivity index (χ4v) is 1.26. The van der Waals surface area contributed by atoms with Gasteiger partial charge in [0.2, 0.25) is 0 Å². The molecular weight excluding hydrogens is 234 g/mol. The van der Waals surface area contributed by atoms with E-state index in [1.54, 1.807) is 11.8 Å². The van der Waals surface area contributed by atoms with Crippen LogP contribution in [0.4, 0.5) is 0 Å². The van der Waals surface area contributed by atoms with Gasteiger partial charge in [-0.05, 0) is 31.2 Å². The third kappa shape index (κ3) is 6.04. The fourth-order valence-electron chi connectivity index (χ4n) is 1.26. The van der Waals surface area contributed by atoms with E-state index >= 15 is 0 Å². The van der Waals surface area contributed by atoms with E-state index in [0.717, 1.165) is 5.82 Å². The maximum Gasteiger partial charge on any atom is 0.165 e. The molecule has 18 heavy (non-hydrogen) atoms. The lowest BCUT2D eigenvalue weighted by Gasteiger charge is -2.19. The maximum atomic E-state index is 5.39. The molecule has 1 aromatic rings. The van der Waals surface area contributed by atoms with Gasteiger partial charge in [0.1, 0.15) is 0 Å². The van der Waals surface area contributed by atoms with E-state index in [0.29, 0.717) is 32.9 Å². The van der Waals surface area contributed by atoms with Gasteiger partial charge in [-0.15, -0.1) is 5.10 Å². The van der Waals surface area contributed by atoms with Crippen LogP contribution in [0.2, 0.25) is 0 Å². The molecular formula is C11H23N5O2. The van der Waals surface area contributed by atoms with Gasteiger partial charge in [-0.2, -0.15) is 0 Å². The highest BCUT2D eigenvalue weighted by molar-refractivity contribution is 4.83. The van der Waals surface area contributed by atoms with Gasteiger partial charge in [-0.3, -0.25) is 0 Å². The number of aromatic nitrogens is 4. The Kier molecular flexibility index (Phi) is 6.17. The Bertz CT molecular complexity index is 334. The summed E-state index contributed by atoms with van der Waals surface area (Å²) in [6.45, 7) is 9.39. The van der Waals surface area contributed by atoms with Gasteiger partial charge >= 0.3 is 0 Å². The van der Waals surface area contributed by atoms with Gasteiger partial charge in [-0.25, -0.2) is 4.68 Å². The second-order valence-electron chi connectivity index (χ2n) is 5.03. The van der Waals surface area contributed by atoms with Crippen LogP contribution in [0.25, 0.3) is 0 Å². The Hall–Kier alpha value is -1.05. The highest BCUT2D eigenvalue weighted by Gasteiger charge is 2.12.